The molecular formula is C12H15N5O3. The van der Waals surface area contributed by atoms with Crippen molar-refractivity contribution in [3.05, 3.63) is 18.5 Å². The van der Waals surface area contributed by atoms with Crippen molar-refractivity contribution >= 4 is 5.97 Å². The third kappa shape index (κ3) is 2.58. The number of carboxylic acid groups (broad SMARTS) is 1. The number of nitrogens with zero attached hydrogens (tertiary/aromatic N) is 5. The molecule has 0 fully saturated rings. The van der Waals surface area contributed by atoms with Crippen LogP contribution in [-0.4, -0.2) is 43.4 Å². The van der Waals surface area contributed by atoms with Gasteiger partial charge in [-0.15, -0.1) is 5.10 Å². The summed E-state index contributed by atoms with van der Waals surface area (Å²) in [5.41, 5.74) is -0.321. The van der Waals surface area contributed by atoms with Crippen LogP contribution in [-0.2, 0) is 11.3 Å². The predicted octanol–water partition coefficient (Wildman–Crippen LogP) is 0.854. The fourth-order valence-corrected chi connectivity index (χ4v) is 1.67. The molecule has 0 atom stereocenters. The zero-order valence-electron chi connectivity index (χ0n) is 11.4. The Morgan fingerprint density at radius 2 is 2.25 bits per heavy atom. The Bertz CT molecular complexity index is 623. The Morgan fingerprint density at radius 3 is 2.90 bits per heavy atom. The van der Waals surface area contributed by atoms with Crippen molar-refractivity contribution in [3.8, 4) is 17.1 Å². The van der Waals surface area contributed by atoms with Gasteiger partial charge in [-0.25, -0.2) is 4.68 Å². The lowest BCUT2D eigenvalue weighted by molar-refractivity contribution is -0.147. The van der Waals surface area contributed by atoms with E-state index >= 15 is 0 Å². The third-order valence-corrected chi connectivity index (χ3v) is 2.90. The van der Waals surface area contributed by atoms with Gasteiger partial charge >= 0.3 is 5.97 Å². The van der Waals surface area contributed by atoms with Crippen molar-refractivity contribution in [2.75, 3.05) is 7.11 Å². The number of hydrogen-bond donors (Lipinski definition) is 1. The minimum Gasteiger partial charge on any atom is -0.494 e. The molecule has 20 heavy (non-hydrogen) atoms. The summed E-state index contributed by atoms with van der Waals surface area (Å²) in [5, 5.41) is 20.6. The number of aromatic nitrogens is 5. The minimum atomic E-state index is -0.982. The second kappa shape index (κ2) is 5.24. The van der Waals surface area contributed by atoms with E-state index in [9.17, 15) is 9.90 Å². The molecule has 0 unspecified atom stereocenters. The highest BCUT2D eigenvalue weighted by Crippen LogP contribution is 2.28. The van der Waals surface area contributed by atoms with Crippen molar-refractivity contribution in [3.63, 3.8) is 0 Å². The Morgan fingerprint density at radius 1 is 1.50 bits per heavy atom. The average Bonchev–Trinajstić information content (AvgIpc) is 2.85. The molecule has 2 aromatic heterocycles. The van der Waals surface area contributed by atoms with Gasteiger partial charge in [0, 0.05) is 6.20 Å². The fourth-order valence-electron chi connectivity index (χ4n) is 1.67. The van der Waals surface area contributed by atoms with Gasteiger partial charge in [0.25, 0.3) is 0 Å². The molecule has 0 amide bonds. The topological polar surface area (TPSA) is 103 Å². The summed E-state index contributed by atoms with van der Waals surface area (Å²) in [6.07, 6.45) is 3.15. The number of pyridine rings is 1. The largest absolute Gasteiger partial charge is 0.494 e. The first-order valence-corrected chi connectivity index (χ1v) is 5.93. The molecule has 0 aliphatic heterocycles. The summed E-state index contributed by atoms with van der Waals surface area (Å²) in [7, 11) is 1.52. The van der Waals surface area contributed by atoms with E-state index in [2.05, 4.69) is 20.5 Å². The molecule has 2 rings (SSSR count). The van der Waals surface area contributed by atoms with Crippen LogP contribution in [0.3, 0.4) is 0 Å². The molecule has 0 aliphatic carbocycles. The first-order valence-electron chi connectivity index (χ1n) is 5.93. The highest BCUT2D eigenvalue weighted by Gasteiger charge is 2.30. The van der Waals surface area contributed by atoms with E-state index in [0.29, 0.717) is 17.1 Å². The van der Waals surface area contributed by atoms with E-state index in [-0.39, 0.29) is 6.54 Å². The summed E-state index contributed by atoms with van der Waals surface area (Å²) < 4.78 is 6.66. The van der Waals surface area contributed by atoms with Crippen LogP contribution < -0.4 is 4.74 Å². The zero-order valence-corrected chi connectivity index (χ0v) is 11.4. The molecule has 0 bridgehead atoms. The number of carboxylic acids is 1. The van der Waals surface area contributed by atoms with E-state index < -0.39 is 11.4 Å². The molecule has 2 heterocycles. The van der Waals surface area contributed by atoms with Crippen LogP contribution in [0.5, 0.6) is 5.75 Å². The maximum absolute atomic E-state index is 11.2. The number of rotatable bonds is 5. The summed E-state index contributed by atoms with van der Waals surface area (Å²) in [6.45, 7) is 3.38. The van der Waals surface area contributed by atoms with Gasteiger partial charge in [0.2, 0.25) is 0 Å². The van der Waals surface area contributed by atoms with Crippen LogP contribution in [0.2, 0.25) is 0 Å². The van der Waals surface area contributed by atoms with Gasteiger partial charge in [-0.1, -0.05) is 0 Å². The predicted molar refractivity (Wildman–Crippen MR) is 69.0 cm³/mol. The lowest BCUT2D eigenvalue weighted by Crippen LogP contribution is -2.30. The second-order valence-corrected chi connectivity index (χ2v) is 4.93. The molecule has 2 aromatic rings. The molecule has 8 nitrogen and oxygen atoms in total. The number of hydrogen-bond acceptors (Lipinski definition) is 6. The number of carbonyl (C=O) groups is 1. The van der Waals surface area contributed by atoms with E-state index in [1.165, 1.54) is 11.8 Å². The second-order valence-electron chi connectivity index (χ2n) is 4.93. The standard InChI is InChI=1S/C12H15N5O3/c1-12(2,11(18)19)7-17-10(14-15-16-17)8-4-5-13-6-9(8)20-3/h4-6H,7H2,1-3H3,(H,18,19). The van der Waals surface area contributed by atoms with Crippen molar-refractivity contribution in [1.82, 2.24) is 25.2 Å². The molecule has 0 aliphatic rings. The summed E-state index contributed by atoms with van der Waals surface area (Å²) >= 11 is 0. The number of ether oxygens (including phenoxy) is 1. The first kappa shape index (κ1) is 13.9. The zero-order chi connectivity index (χ0) is 14.8. The van der Waals surface area contributed by atoms with E-state index in [0.717, 1.165) is 0 Å². The van der Waals surface area contributed by atoms with E-state index in [1.54, 1.807) is 32.3 Å². The quantitative estimate of drug-likeness (QED) is 0.864. The molecule has 8 heteroatoms. The maximum atomic E-state index is 11.2. The van der Waals surface area contributed by atoms with Crippen LogP contribution in [0.1, 0.15) is 13.8 Å². The van der Waals surface area contributed by atoms with Gasteiger partial charge < -0.3 is 9.84 Å². The summed E-state index contributed by atoms with van der Waals surface area (Å²) in [5.74, 6) is 0.0518. The van der Waals surface area contributed by atoms with Gasteiger partial charge in [0.05, 0.1) is 30.8 Å². The average molecular weight is 277 g/mol. The van der Waals surface area contributed by atoms with Crippen molar-refractivity contribution in [1.29, 1.82) is 0 Å². The molecular weight excluding hydrogens is 262 g/mol. The van der Waals surface area contributed by atoms with Gasteiger partial charge in [-0.3, -0.25) is 9.78 Å². The maximum Gasteiger partial charge on any atom is 0.310 e. The monoisotopic (exact) mass is 277 g/mol. The van der Waals surface area contributed by atoms with Crippen molar-refractivity contribution in [2.24, 2.45) is 5.41 Å². The normalized spacial score (nSPS) is 11.3. The molecule has 0 aromatic carbocycles. The number of aliphatic carboxylic acids is 1. The van der Waals surface area contributed by atoms with Gasteiger partial charge in [0.1, 0.15) is 5.75 Å². The van der Waals surface area contributed by atoms with Crippen LogP contribution in [0, 0.1) is 5.41 Å². The molecule has 1 N–H and O–H groups in total. The first-order chi connectivity index (χ1) is 9.45. The fraction of sp³-hybridized carbons (Fsp3) is 0.417. The van der Waals surface area contributed by atoms with Gasteiger partial charge in [0.15, 0.2) is 5.82 Å². The Balaban J connectivity index is 2.41. The third-order valence-electron chi connectivity index (χ3n) is 2.90. The highest BCUT2D eigenvalue weighted by molar-refractivity contribution is 5.73. The van der Waals surface area contributed by atoms with Gasteiger partial charge in [-0.2, -0.15) is 0 Å². The molecule has 0 saturated heterocycles. The number of tetrazole rings is 1. The summed E-state index contributed by atoms with van der Waals surface area (Å²) in [4.78, 5) is 15.2. The highest BCUT2D eigenvalue weighted by atomic mass is 16.5. The Labute approximate surface area is 115 Å². The molecule has 106 valence electrons. The Hall–Kier alpha value is -2.51. The van der Waals surface area contributed by atoms with E-state index in [1.807, 2.05) is 0 Å². The van der Waals surface area contributed by atoms with Crippen LogP contribution in [0.25, 0.3) is 11.4 Å². The van der Waals surface area contributed by atoms with E-state index in [4.69, 9.17) is 4.74 Å². The van der Waals surface area contributed by atoms with Gasteiger partial charge in [-0.05, 0) is 30.3 Å². The smallest absolute Gasteiger partial charge is 0.310 e. The lowest BCUT2D eigenvalue weighted by atomic mass is 9.94. The molecule has 0 spiro atoms. The lowest BCUT2D eigenvalue weighted by Gasteiger charge is -2.19. The van der Waals surface area contributed by atoms with Crippen LogP contribution >= 0.6 is 0 Å². The number of methoxy groups -OCH3 is 1. The molecule has 0 radical (unpaired) electrons. The van der Waals surface area contributed by atoms with Crippen LogP contribution in [0.4, 0.5) is 0 Å². The minimum absolute atomic E-state index is 0.149. The molecule has 0 saturated carbocycles. The van der Waals surface area contributed by atoms with Crippen molar-refractivity contribution < 1.29 is 14.6 Å². The SMILES string of the molecule is COc1cnccc1-c1nnnn1CC(C)(C)C(=O)O. The van der Waals surface area contributed by atoms with Crippen molar-refractivity contribution in [2.45, 2.75) is 20.4 Å². The van der Waals surface area contributed by atoms with Crippen LogP contribution in [0.15, 0.2) is 18.5 Å². The Kier molecular flexibility index (Phi) is 3.64. The summed E-state index contributed by atoms with van der Waals surface area (Å²) in [6, 6.07) is 1.72.